The Kier molecular flexibility index (Phi) is 8.14. The quantitative estimate of drug-likeness (QED) is 0.483. The number of aryl methyl sites for hydroxylation is 1. The normalized spacial score (nSPS) is 20.2. The number of benzene rings is 2. The maximum absolute atomic E-state index is 14.2. The van der Waals surface area contributed by atoms with Crippen LogP contribution in [-0.2, 0) is 25.5 Å². The van der Waals surface area contributed by atoms with Gasteiger partial charge >= 0.3 is 5.97 Å². The molecule has 2 atom stereocenters. The van der Waals surface area contributed by atoms with E-state index in [2.05, 4.69) is 0 Å². The number of hydrogen-bond donors (Lipinski definition) is 0. The summed E-state index contributed by atoms with van der Waals surface area (Å²) in [5.74, 6) is -1.75. The van der Waals surface area contributed by atoms with Crippen LogP contribution in [0.3, 0.4) is 0 Å². The first-order valence-electron chi connectivity index (χ1n) is 12.7. The minimum Gasteiger partial charge on any atom is -0.494 e. The lowest BCUT2D eigenvalue weighted by molar-refractivity contribution is -0.162. The Hall–Kier alpha value is -3.13. The molecule has 2 aromatic rings. The largest absolute Gasteiger partial charge is 0.494 e. The number of anilines is 1. The lowest BCUT2D eigenvalue weighted by atomic mass is 9.92. The Bertz CT molecular complexity index is 1050. The molecule has 2 aliphatic heterocycles. The lowest BCUT2D eigenvalue weighted by Gasteiger charge is -2.38. The highest BCUT2D eigenvalue weighted by molar-refractivity contribution is 5.88. The summed E-state index contributed by atoms with van der Waals surface area (Å²) in [6, 6.07) is 14.6. The van der Waals surface area contributed by atoms with Gasteiger partial charge in [0, 0.05) is 40.0 Å². The van der Waals surface area contributed by atoms with E-state index in [9.17, 15) is 14.0 Å². The predicted octanol–water partition coefficient (Wildman–Crippen LogP) is 4.19. The van der Waals surface area contributed by atoms with Crippen LogP contribution in [0.5, 0.6) is 5.75 Å². The van der Waals surface area contributed by atoms with Crippen LogP contribution in [-0.4, -0.2) is 61.5 Å². The van der Waals surface area contributed by atoms with Crippen LogP contribution in [0.2, 0.25) is 0 Å². The zero-order valence-electron chi connectivity index (χ0n) is 21.2. The second-order valence-corrected chi connectivity index (χ2v) is 9.70. The van der Waals surface area contributed by atoms with Crippen molar-refractivity contribution >= 4 is 17.6 Å². The highest BCUT2D eigenvalue weighted by Gasteiger charge is 2.48. The SMILES string of the molecule is CCOc1ccc(CCCC(C(=O)N2CCN(c3ccccc3F)CC2)C2OC(C)(C)OC2=O)cc1. The molecule has 0 N–H and O–H groups in total. The Morgan fingerprint density at radius 3 is 2.42 bits per heavy atom. The minimum atomic E-state index is -1.06. The van der Waals surface area contributed by atoms with Crippen molar-refractivity contribution in [3.63, 3.8) is 0 Å². The lowest BCUT2D eigenvalue weighted by Crippen LogP contribution is -2.52. The Balaban J connectivity index is 1.41. The zero-order chi connectivity index (χ0) is 25.7. The minimum absolute atomic E-state index is 0.116. The number of cyclic esters (lactones) is 1. The van der Waals surface area contributed by atoms with E-state index in [0.717, 1.165) is 17.7 Å². The van der Waals surface area contributed by atoms with Gasteiger partial charge in [-0.3, -0.25) is 4.79 Å². The number of piperazine rings is 1. The number of para-hydroxylation sites is 1. The molecule has 7 nitrogen and oxygen atoms in total. The van der Waals surface area contributed by atoms with Gasteiger partial charge in [0.05, 0.1) is 18.2 Å². The molecule has 2 fully saturated rings. The van der Waals surface area contributed by atoms with Crippen molar-refractivity contribution in [2.75, 3.05) is 37.7 Å². The van der Waals surface area contributed by atoms with Crippen molar-refractivity contribution < 1.29 is 28.2 Å². The molecule has 0 aromatic heterocycles. The molecule has 0 saturated carbocycles. The molecule has 2 aliphatic rings. The van der Waals surface area contributed by atoms with Crippen molar-refractivity contribution in [1.29, 1.82) is 0 Å². The number of esters is 1. The van der Waals surface area contributed by atoms with Gasteiger partial charge in [0.1, 0.15) is 11.6 Å². The number of carbonyl (C=O) groups excluding carboxylic acids is 2. The van der Waals surface area contributed by atoms with Crippen molar-refractivity contribution in [2.45, 2.75) is 51.9 Å². The monoisotopic (exact) mass is 498 g/mol. The average Bonchev–Trinajstić information content (AvgIpc) is 3.14. The Morgan fingerprint density at radius 2 is 1.81 bits per heavy atom. The van der Waals surface area contributed by atoms with E-state index in [0.29, 0.717) is 51.3 Å². The topological polar surface area (TPSA) is 68.3 Å². The predicted molar refractivity (Wildman–Crippen MR) is 134 cm³/mol. The van der Waals surface area contributed by atoms with Crippen molar-refractivity contribution in [3.05, 3.63) is 59.9 Å². The highest BCUT2D eigenvalue weighted by Crippen LogP contribution is 2.32. The van der Waals surface area contributed by atoms with E-state index in [1.54, 1.807) is 36.9 Å². The second-order valence-electron chi connectivity index (χ2n) is 9.70. The number of rotatable bonds is 9. The van der Waals surface area contributed by atoms with Crippen LogP contribution in [0.15, 0.2) is 48.5 Å². The zero-order valence-corrected chi connectivity index (χ0v) is 21.2. The van der Waals surface area contributed by atoms with Crippen molar-refractivity contribution in [3.8, 4) is 5.75 Å². The average molecular weight is 499 g/mol. The molecule has 194 valence electrons. The van der Waals surface area contributed by atoms with Crippen LogP contribution in [0.25, 0.3) is 0 Å². The van der Waals surface area contributed by atoms with Crippen LogP contribution in [0, 0.1) is 11.7 Å². The molecule has 0 spiro atoms. The summed E-state index contributed by atoms with van der Waals surface area (Å²) in [5, 5.41) is 0. The molecule has 0 aliphatic carbocycles. The fourth-order valence-electron chi connectivity index (χ4n) is 4.88. The molecule has 2 unspecified atom stereocenters. The summed E-state index contributed by atoms with van der Waals surface area (Å²) < 4.78 is 31.0. The number of ether oxygens (including phenoxy) is 3. The first kappa shape index (κ1) is 25.9. The molecular formula is C28H35FN2O5. The van der Waals surface area contributed by atoms with Gasteiger partial charge in [0.25, 0.3) is 0 Å². The van der Waals surface area contributed by atoms with Crippen LogP contribution >= 0.6 is 0 Å². The van der Waals surface area contributed by atoms with E-state index < -0.39 is 23.8 Å². The van der Waals surface area contributed by atoms with Crippen molar-refractivity contribution in [2.24, 2.45) is 5.92 Å². The first-order valence-corrected chi connectivity index (χ1v) is 12.7. The third-order valence-corrected chi connectivity index (χ3v) is 6.67. The Labute approximate surface area is 212 Å². The van der Waals surface area contributed by atoms with Crippen molar-refractivity contribution in [1.82, 2.24) is 4.90 Å². The van der Waals surface area contributed by atoms with Gasteiger partial charge in [-0.25, -0.2) is 9.18 Å². The molecule has 2 aromatic carbocycles. The molecule has 1 amide bonds. The standard InChI is InChI=1S/C28H35FN2O5/c1-4-34-21-14-12-20(13-15-21)8-7-9-22(25-27(33)36-28(2,3)35-25)26(32)31-18-16-30(17-19-31)24-11-6-5-10-23(24)29/h5-6,10-15,22,25H,4,7-9,16-19H2,1-3H3. The van der Waals surface area contributed by atoms with Gasteiger partial charge in [-0.1, -0.05) is 24.3 Å². The van der Waals surface area contributed by atoms with E-state index in [4.69, 9.17) is 14.2 Å². The van der Waals surface area contributed by atoms with Crippen LogP contribution in [0.4, 0.5) is 10.1 Å². The molecule has 0 bridgehead atoms. The first-order chi connectivity index (χ1) is 17.3. The summed E-state index contributed by atoms with van der Waals surface area (Å²) in [4.78, 5) is 30.0. The van der Waals surface area contributed by atoms with Crippen LogP contribution < -0.4 is 9.64 Å². The molecule has 0 radical (unpaired) electrons. The summed E-state index contributed by atoms with van der Waals surface area (Å²) in [6.45, 7) is 7.87. The fourth-order valence-corrected chi connectivity index (χ4v) is 4.88. The summed E-state index contributed by atoms with van der Waals surface area (Å²) >= 11 is 0. The fraction of sp³-hybridized carbons (Fsp3) is 0.500. The van der Waals surface area contributed by atoms with Gasteiger partial charge in [-0.15, -0.1) is 0 Å². The maximum atomic E-state index is 14.2. The summed E-state index contributed by atoms with van der Waals surface area (Å²) in [5.41, 5.74) is 1.68. The smallest absolute Gasteiger partial charge is 0.338 e. The summed E-state index contributed by atoms with van der Waals surface area (Å²) in [7, 11) is 0. The van der Waals surface area contributed by atoms with Gasteiger partial charge in [0.15, 0.2) is 6.10 Å². The maximum Gasteiger partial charge on any atom is 0.338 e. The molecule has 36 heavy (non-hydrogen) atoms. The molecule has 2 heterocycles. The third-order valence-electron chi connectivity index (χ3n) is 6.67. The van der Waals surface area contributed by atoms with E-state index >= 15 is 0 Å². The van der Waals surface area contributed by atoms with Gasteiger partial charge in [-0.05, 0) is 56.0 Å². The number of halogens is 1. The molecule has 4 rings (SSSR count). The molecule has 8 heteroatoms. The highest BCUT2D eigenvalue weighted by atomic mass is 19.1. The number of hydrogen-bond acceptors (Lipinski definition) is 6. The van der Waals surface area contributed by atoms with Gasteiger partial charge in [-0.2, -0.15) is 0 Å². The van der Waals surface area contributed by atoms with E-state index in [1.807, 2.05) is 36.1 Å². The second kappa shape index (κ2) is 11.3. The van der Waals surface area contributed by atoms with E-state index in [1.165, 1.54) is 6.07 Å². The molecule has 2 saturated heterocycles. The number of carbonyl (C=O) groups is 2. The molecular weight excluding hydrogens is 463 g/mol. The number of amides is 1. The van der Waals surface area contributed by atoms with Gasteiger partial charge in [0.2, 0.25) is 11.7 Å². The third kappa shape index (κ3) is 6.16. The summed E-state index contributed by atoms with van der Waals surface area (Å²) in [6.07, 6.45) is 1.04. The van der Waals surface area contributed by atoms with Gasteiger partial charge < -0.3 is 24.0 Å². The van der Waals surface area contributed by atoms with Crippen LogP contribution in [0.1, 0.15) is 39.2 Å². The number of nitrogens with zero attached hydrogens (tertiary/aromatic N) is 2. The van der Waals surface area contributed by atoms with E-state index in [-0.39, 0.29) is 11.7 Å². The Morgan fingerprint density at radius 1 is 1.11 bits per heavy atom.